The molecular formula is C13H15F2N3O3. The number of carbonyl (C=O) groups is 1. The topological polar surface area (TPSA) is 84.3 Å². The zero-order valence-corrected chi connectivity index (χ0v) is 11.4. The highest BCUT2D eigenvalue weighted by Crippen LogP contribution is 2.21. The van der Waals surface area contributed by atoms with Gasteiger partial charge in [-0.2, -0.15) is 4.39 Å². The van der Waals surface area contributed by atoms with Gasteiger partial charge >= 0.3 is 5.69 Å². The van der Waals surface area contributed by atoms with E-state index < -0.39 is 28.3 Å². The molecule has 0 heterocycles. The van der Waals surface area contributed by atoms with E-state index in [1.165, 1.54) is 0 Å². The van der Waals surface area contributed by atoms with E-state index >= 15 is 0 Å². The number of amides is 1. The van der Waals surface area contributed by atoms with Crippen LogP contribution in [0.5, 0.6) is 0 Å². The van der Waals surface area contributed by atoms with Gasteiger partial charge in [-0.3, -0.25) is 14.9 Å². The molecule has 0 spiro atoms. The maximum atomic E-state index is 13.6. The quantitative estimate of drug-likeness (QED) is 0.617. The first-order valence-corrected chi connectivity index (χ1v) is 6.54. The average molecular weight is 299 g/mol. The van der Waals surface area contributed by atoms with Gasteiger partial charge in [0.15, 0.2) is 0 Å². The number of halogens is 2. The van der Waals surface area contributed by atoms with E-state index in [0.29, 0.717) is 6.07 Å². The third-order valence-corrected chi connectivity index (χ3v) is 3.23. The van der Waals surface area contributed by atoms with Crippen LogP contribution in [0.4, 0.5) is 14.5 Å². The second-order valence-corrected chi connectivity index (χ2v) is 5.04. The van der Waals surface area contributed by atoms with Crippen LogP contribution in [0, 0.1) is 21.7 Å². The maximum absolute atomic E-state index is 13.6. The van der Waals surface area contributed by atoms with Gasteiger partial charge in [-0.1, -0.05) is 0 Å². The van der Waals surface area contributed by atoms with Crippen molar-refractivity contribution in [3.05, 3.63) is 39.4 Å². The van der Waals surface area contributed by atoms with Crippen LogP contribution in [0.1, 0.15) is 25.3 Å². The van der Waals surface area contributed by atoms with Crippen LogP contribution in [0.2, 0.25) is 0 Å². The fraction of sp³-hybridized carbons (Fsp3) is 0.462. The van der Waals surface area contributed by atoms with E-state index in [0.717, 1.165) is 18.9 Å². The molecule has 0 bridgehead atoms. The van der Waals surface area contributed by atoms with Gasteiger partial charge in [0.05, 0.1) is 11.0 Å². The molecule has 0 aromatic heterocycles. The standard InChI is InChI=1S/C13H15F2N3O3/c1-7(13(19)17-9-2-3-9)16-6-8-4-12(18(20)21)11(15)5-10(8)14/h4-5,7,9,16H,2-3,6H2,1H3,(H,17,19). The Bertz CT molecular complexity index is 576. The van der Waals surface area contributed by atoms with Gasteiger partial charge in [0.2, 0.25) is 11.7 Å². The molecule has 1 aliphatic rings. The van der Waals surface area contributed by atoms with Crippen LogP contribution in [0.25, 0.3) is 0 Å². The van der Waals surface area contributed by atoms with Crippen molar-refractivity contribution in [2.75, 3.05) is 0 Å². The van der Waals surface area contributed by atoms with Crippen LogP contribution in [0.15, 0.2) is 12.1 Å². The van der Waals surface area contributed by atoms with Crippen molar-refractivity contribution in [1.82, 2.24) is 10.6 Å². The SMILES string of the molecule is CC(NCc1cc([N+](=O)[O-])c(F)cc1F)C(=O)NC1CC1. The molecule has 21 heavy (non-hydrogen) atoms. The fourth-order valence-electron chi connectivity index (χ4n) is 1.77. The van der Waals surface area contributed by atoms with Gasteiger partial charge in [-0.05, 0) is 19.8 Å². The minimum absolute atomic E-state index is 0.0610. The van der Waals surface area contributed by atoms with Crippen LogP contribution in [0.3, 0.4) is 0 Å². The number of nitro groups is 1. The second kappa shape index (κ2) is 6.13. The molecule has 1 amide bonds. The molecule has 8 heteroatoms. The highest BCUT2D eigenvalue weighted by Gasteiger charge is 2.25. The predicted octanol–water partition coefficient (Wildman–Crippen LogP) is 1.63. The number of benzene rings is 1. The molecule has 1 unspecified atom stereocenters. The monoisotopic (exact) mass is 299 g/mol. The Labute approximate surface area is 119 Å². The molecule has 2 N–H and O–H groups in total. The number of carbonyl (C=O) groups excluding carboxylic acids is 1. The predicted molar refractivity (Wildman–Crippen MR) is 70.5 cm³/mol. The molecule has 1 atom stereocenters. The number of rotatable bonds is 6. The number of hydrogen-bond acceptors (Lipinski definition) is 4. The average Bonchev–Trinajstić information content (AvgIpc) is 3.20. The maximum Gasteiger partial charge on any atom is 0.305 e. The molecule has 2 rings (SSSR count). The molecule has 1 aromatic carbocycles. The first-order chi connectivity index (χ1) is 9.88. The number of nitrogens with one attached hydrogen (secondary N) is 2. The Balaban J connectivity index is 2.00. The zero-order valence-electron chi connectivity index (χ0n) is 11.4. The first kappa shape index (κ1) is 15.3. The van der Waals surface area contributed by atoms with Gasteiger partial charge in [0.25, 0.3) is 0 Å². The van der Waals surface area contributed by atoms with E-state index in [1.54, 1.807) is 6.92 Å². The lowest BCUT2D eigenvalue weighted by Crippen LogP contribution is -2.42. The third kappa shape index (κ3) is 3.94. The smallest absolute Gasteiger partial charge is 0.305 e. The lowest BCUT2D eigenvalue weighted by atomic mass is 10.1. The molecule has 114 valence electrons. The number of nitro benzene ring substituents is 1. The van der Waals surface area contributed by atoms with Gasteiger partial charge in [-0.25, -0.2) is 4.39 Å². The highest BCUT2D eigenvalue weighted by molar-refractivity contribution is 5.81. The van der Waals surface area contributed by atoms with Crippen molar-refractivity contribution in [2.24, 2.45) is 0 Å². The van der Waals surface area contributed by atoms with Crippen molar-refractivity contribution < 1.29 is 18.5 Å². The lowest BCUT2D eigenvalue weighted by Gasteiger charge is -2.14. The number of hydrogen-bond donors (Lipinski definition) is 2. The van der Waals surface area contributed by atoms with Crippen molar-refractivity contribution in [1.29, 1.82) is 0 Å². The summed E-state index contributed by atoms with van der Waals surface area (Å²) < 4.78 is 26.8. The Morgan fingerprint density at radius 3 is 2.67 bits per heavy atom. The van der Waals surface area contributed by atoms with E-state index in [4.69, 9.17) is 0 Å². The summed E-state index contributed by atoms with van der Waals surface area (Å²) in [6.07, 6.45) is 1.91. The molecule has 1 aromatic rings. The summed E-state index contributed by atoms with van der Waals surface area (Å²) in [6.45, 7) is 1.50. The van der Waals surface area contributed by atoms with E-state index in [-0.39, 0.29) is 24.1 Å². The van der Waals surface area contributed by atoms with Crippen molar-refractivity contribution in [3.63, 3.8) is 0 Å². The Kier molecular flexibility index (Phi) is 4.46. The first-order valence-electron chi connectivity index (χ1n) is 6.54. The minimum Gasteiger partial charge on any atom is -0.352 e. The molecule has 1 fully saturated rings. The van der Waals surface area contributed by atoms with Crippen molar-refractivity contribution in [3.8, 4) is 0 Å². The molecule has 1 aliphatic carbocycles. The molecular weight excluding hydrogens is 284 g/mol. The Morgan fingerprint density at radius 2 is 2.10 bits per heavy atom. The lowest BCUT2D eigenvalue weighted by molar-refractivity contribution is -0.387. The molecule has 0 radical (unpaired) electrons. The number of nitrogens with zero attached hydrogens (tertiary/aromatic N) is 1. The summed E-state index contributed by atoms with van der Waals surface area (Å²) in [4.78, 5) is 21.4. The van der Waals surface area contributed by atoms with Crippen molar-refractivity contribution in [2.45, 2.75) is 38.4 Å². The van der Waals surface area contributed by atoms with Crippen LogP contribution < -0.4 is 10.6 Å². The summed E-state index contributed by atoms with van der Waals surface area (Å²) >= 11 is 0. The van der Waals surface area contributed by atoms with Gasteiger partial charge in [0.1, 0.15) is 5.82 Å². The Morgan fingerprint density at radius 1 is 1.43 bits per heavy atom. The summed E-state index contributed by atoms with van der Waals surface area (Å²) in [5.74, 6) is -2.32. The highest BCUT2D eigenvalue weighted by atomic mass is 19.1. The minimum atomic E-state index is -1.22. The van der Waals surface area contributed by atoms with Crippen LogP contribution >= 0.6 is 0 Å². The third-order valence-electron chi connectivity index (χ3n) is 3.23. The zero-order chi connectivity index (χ0) is 15.6. The molecule has 0 aliphatic heterocycles. The normalized spacial score (nSPS) is 15.6. The van der Waals surface area contributed by atoms with Gasteiger partial charge < -0.3 is 10.6 Å². The summed E-state index contributed by atoms with van der Waals surface area (Å²) in [5.41, 5.74) is -0.850. The van der Waals surface area contributed by atoms with Crippen LogP contribution in [-0.4, -0.2) is 22.9 Å². The molecule has 1 saturated carbocycles. The van der Waals surface area contributed by atoms with E-state index in [2.05, 4.69) is 10.6 Å². The van der Waals surface area contributed by atoms with Crippen LogP contribution in [-0.2, 0) is 11.3 Å². The summed E-state index contributed by atoms with van der Waals surface area (Å²) in [5, 5.41) is 16.2. The fourth-order valence-corrected chi connectivity index (χ4v) is 1.77. The summed E-state index contributed by atoms with van der Waals surface area (Å²) in [7, 11) is 0. The van der Waals surface area contributed by atoms with E-state index in [1.807, 2.05) is 0 Å². The van der Waals surface area contributed by atoms with E-state index in [9.17, 15) is 23.7 Å². The summed E-state index contributed by atoms with van der Waals surface area (Å²) in [6, 6.07) is 0.951. The largest absolute Gasteiger partial charge is 0.352 e. The molecule has 0 saturated heterocycles. The second-order valence-electron chi connectivity index (χ2n) is 5.04. The van der Waals surface area contributed by atoms with Crippen molar-refractivity contribution >= 4 is 11.6 Å². The van der Waals surface area contributed by atoms with Gasteiger partial charge in [0, 0.05) is 30.3 Å². The Hall–Kier alpha value is -2.09. The molecule has 6 nitrogen and oxygen atoms in total. The van der Waals surface area contributed by atoms with Gasteiger partial charge in [-0.15, -0.1) is 0 Å².